The lowest BCUT2D eigenvalue weighted by Crippen LogP contribution is -2.45. The molecule has 7 nitrogen and oxygen atoms in total. The molecule has 150 valence electrons. The molecule has 0 unspecified atom stereocenters. The minimum Gasteiger partial charge on any atom is -0.445 e. The first-order chi connectivity index (χ1) is 12.7. The number of amides is 2. The molecule has 1 aromatic rings. The molecule has 2 amide bonds. The van der Waals surface area contributed by atoms with E-state index in [-0.39, 0.29) is 24.8 Å². The summed E-state index contributed by atoms with van der Waals surface area (Å²) in [7, 11) is 3.30. The molecule has 1 saturated carbocycles. The van der Waals surface area contributed by atoms with Crippen molar-refractivity contribution in [3.8, 4) is 0 Å². The summed E-state index contributed by atoms with van der Waals surface area (Å²) in [5.41, 5.74) is 0.363. The normalized spacial score (nSPS) is 22.2. The molecule has 0 heterocycles. The van der Waals surface area contributed by atoms with Crippen molar-refractivity contribution in [3.63, 3.8) is 0 Å². The van der Waals surface area contributed by atoms with Crippen LogP contribution in [0, 0.1) is 0 Å². The molecule has 0 saturated heterocycles. The molecule has 3 atom stereocenters. The maximum Gasteiger partial charge on any atom is 0.410 e. The van der Waals surface area contributed by atoms with Gasteiger partial charge >= 0.3 is 12.2 Å². The van der Waals surface area contributed by atoms with Crippen molar-refractivity contribution < 1.29 is 23.8 Å². The molecule has 2 rings (SSSR count). The molecular weight excluding hydrogens is 348 g/mol. The Hall–Kier alpha value is -2.28. The fraction of sp³-hybridized carbons (Fsp3) is 0.600. The monoisotopic (exact) mass is 378 g/mol. The van der Waals surface area contributed by atoms with Gasteiger partial charge in [0, 0.05) is 20.2 Å². The molecule has 1 aliphatic rings. The highest BCUT2D eigenvalue weighted by atomic mass is 16.6. The molecule has 0 aromatic heterocycles. The average Bonchev–Trinajstić information content (AvgIpc) is 3.01. The van der Waals surface area contributed by atoms with E-state index in [4.69, 9.17) is 14.2 Å². The second-order valence-corrected chi connectivity index (χ2v) is 7.81. The maximum atomic E-state index is 12.3. The summed E-state index contributed by atoms with van der Waals surface area (Å²) in [6.07, 6.45) is 0.131. The first-order valence-electron chi connectivity index (χ1n) is 9.15. The Morgan fingerprint density at radius 1 is 1.19 bits per heavy atom. The zero-order valence-electron chi connectivity index (χ0n) is 16.7. The van der Waals surface area contributed by atoms with Gasteiger partial charge < -0.3 is 24.4 Å². The summed E-state index contributed by atoms with van der Waals surface area (Å²) in [5.74, 6) is 0. The second-order valence-electron chi connectivity index (χ2n) is 7.81. The third-order valence-electron chi connectivity index (χ3n) is 4.49. The molecule has 1 fully saturated rings. The summed E-state index contributed by atoms with van der Waals surface area (Å²) in [6.45, 7) is 5.70. The molecule has 1 aliphatic carbocycles. The van der Waals surface area contributed by atoms with E-state index in [0.717, 1.165) is 5.56 Å². The number of carbonyl (C=O) groups is 2. The van der Waals surface area contributed by atoms with Crippen LogP contribution in [0.5, 0.6) is 0 Å². The van der Waals surface area contributed by atoms with Gasteiger partial charge in [0.25, 0.3) is 0 Å². The number of likely N-dealkylation sites (N-methyl/N-ethyl adjacent to an activating group) is 1. The van der Waals surface area contributed by atoms with Crippen LogP contribution >= 0.6 is 0 Å². The summed E-state index contributed by atoms with van der Waals surface area (Å²) in [5, 5.41) is 2.87. The number of nitrogens with zero attached hydrogens (tertiary/aromatic N) is 1. The van der Waals surface area contributed by atoms with Gasteiger partial charge in [-0.2, -0.15) is 0 Å². The van der Waals surface area contributed by atoms with Gasteiger partial charge in [-0.3, -0.25) is 0 Å². The molecule has 0 bridgehead atoms. The largest absolute Gasteiger partial charge is 0.445 e. The summed E-state index contributed by atoms with van der Waals surface area (Å²) >= 11 is 0. The van der Waals surface area contributed by atoms with Gasteiger partial charge in [-0.15, -0.1) is 0 Å². The van der Waals surface area contributed by atoms with Crippen LogP contribution in [-0.4, -0.2) is 55.0 Å². The number of benzene rings is 1. The van der Waals surface area contributed by atoms with Crippen LogP contribution in [0.3, 0.4) is 0 Å². The third kappa shape index (κ3) is 6.43. The fourth-order valence-corrected chi connectivity index (χ4v) is 3.16. The lowest BCUT2D eigenvalue weighted by atomic mass is 10.2. The van der Waals surface area contributed by atoms with E-state index < -0.39 is 17.8 Å². The third-order valence-corrected chi connectivity index (χ3v) is 4.49. The minimum absolute atomic E-state index is 0.131. The Balaban J connectivity index is 1.87. The van der Waals surface area contributed by atoms with Gasteiger partial charge in [-0.25, -0.2) is 9.59 Å². The van der Waals surface area contributed by atoms with E-state index >= 15 is 0 Å². The molecule has 0 radical (unpaired) electrons. The zero-order valence-corrected chi connectivity index (χ0v) is 16.7. The van der Waals surface area contributed by atoms with E-state index in [9.17, 15) is 9.59 Å². The molecule has 1 N–H and O–H groups in total. The standard InChI is InChI=1S/C20H30N2O5/c1-20(2,3)27-19(24)22(4)16-11-15(12-17(16)25-5)21-18(23)26-13-14-9-7-6-8-10-14/h6-10,15-17H,11-13H2,1-5H3,(H,21,23)/t15-,16+,17+/m1/s1. The smallest absolute Gasteiger partial charge is 0.410 e. The van der Waals surface area contributed by atoms with Gasteiger partial charge in [-0.05, 0) is 39.2 Å². The Kier molecular flexibility index (Phi) is 7.07. The van der Waals surface area contributed by atoms with Crippen molar-refractivity contribution >= 4 is 12.2 Å². The van der Waals surface area contributed by atoms with Crippen molar-refractivity contribution in [2.75, 3.05) is 14.2 Å². The molecule has 1 aromatic carbocycles. The second kappa shape index (κ2) is 9.08. The van der Waals surface area contributed by atoms with E-state index in [1.165, 1.54) is 0 Å². The molecule has 0 spiro atoms. The van der Waals surface area contributed by atoms with Crippen LogP contribution in [-0.2, 0) is 20.8 Å². The predicted octanol–water partition coefficient (Wildman–Crippen LogP) is 3.33. The number of rotatable bonds is 5. The molecule has 0 aliphatic heterocycles. The zero-order chi connectivity index (χ0) is 20.0. The SMILES string of the molecule is CO[C@H]1C[C@H](NC(=O)OCc2ccccc2)C[C@@H]1N(C)C(=O)OC(C)(C)C. The Labute approximate surface area is 161 Å². The Bertz CT molecular complexity index is 629. The topological polar surface area (TPSA) is 77.1 Å². The first kappa shape index (κ1) is 21.0. The highest BCUT2D eigenvalue weighted by Gasteiger charge is 2.40. The van der Waals surface area contributed by atoms with E-state index in [1.54, 1.807) is 19.1 Å². The summed E-state index contributed by atoms with van der Waals surface area (Å²) in [4.78, 5) is 26.0. The van der Waals surface area contributed by atoms with Gasteiger partial charge in [0.05, 0.1) is 12.1 Å². The van der Waals surface area contributed by atoms with Crippen molar-refractivity contribution in [2.45, 2.75) is 64.0 Å². The number of methoxy groups -OCH3 is 1. The number of nitrogens with one attached hydrogen (secondary N) is 1. The highest BCUT2D eigenvalue weighted by molar-refractivity contribution is 5.69. The quantitative estimate of drug-likeness (QED) is 0.850. The van der Waals surface area contributed by atoms with Crippen LogP contribution in [0.15, 0.2) is 30.3 Å². The van der Waals surface area contributed by atoms with Crippen LogP contribution in [0.25, 0.3) is 0 Å². The van der Waals surface area contributed by atoms with E-state index in [2.05, 4.69) is 5.32 Å². The first-order valence-corrected chi connectivity index (χ1v) is 9.15. The van der Waals surface area contributed by atoms with Crippen LogP contribution in [0.4, 0.5) is 9.59 Å². The van der Waals surface area contributed by atoms with Crippen LogP contribution < -0.4 is 5.32 Å². The van der Waals surface area contributed by atoms with Gasteiger partial charge in [0.1, 0.15) is 12.2 Å². The number of hydrogen-bond acceptors (Lipinski definition) is 5. The van der Waals surface area contributed by atoms with Gasteiger partial charge in [0.2, 0.25) is 0 Å². The lowest BCUT2D eigenvalue weighted by molar-refractivity contribution is -0.000470. The van der Waals surface area contributed by atoms with E-state index in [0.29, 0.717) is 12.8 Å². The summed E-state index contributed by atoms with van der Waals surface area (Å²) < 4.78 is 16.2. The number of hydrogen-bond donors (Lipinski definition) is 1. The highest BCUT2D eigenvalue weighted by Crippen LogP contribution is 2.27. The molecule has 27 heavy (non-hydrogen) atoms. The molecular formula is C20H30N2O5. The van der Waals surface area contributed by atoms with Crippen LogP contribution in [0.1, 0.15) is 39.2 Å². The Morgan fingerprint density at radius 3 is 2.44 bits per heavy atom. The molecule has 7 heteroatoms. The van der Waals surface area contributed by atoms with Gasteiger partial charge in [0.15, 0.2) is 0 Å². The maximum absolute atomic E-state index is 12.3. The average molecular weight is 378 g/mol. The summed E-state index contributed by atoms with van der Waals surface area (Å²) in [6, 6.07) is 9.19. The van der Waals surface area contributed by atoms with Crippen molar-refractivity contribution in [1.82, 2.24) is 10.2 Å². The fourth-order valence-electron chi connectivity index (χ4n) is 3.16. The number of alkyl carbamates (subject to hydrolysis) is 1. The van der Waals surface area contributed by atoms with Crippen molar-refractivity contribution in [3.05, 3.63) is 35.9 Å². The van der Waals surface area contributed by atoms with Crippen molar-refractivity contribution in [1.29, 1.82) is 0 Å². The van der Waals surface area contributed by atoms with E-state index in [1.807, 2.05) is 51.1 Å². The Morgan fingerprint density at radius 2 is 1.85 bits per heavy atom. The number of carbonyl (C=O) groups excluding carboxylic acids is 2. The number of ether oxygens (including phenoxy) is 3. The van der Waals surface area contributed by atoms with Crippen LogP contribution in [0.2, 0.25) is 0 Å². The van der Waals surface area contributed by atoms with Gasteiger partial charge in [-0.1, -0.05) is 30.3 Å². The van der Waals surface area contributed by atoms with Crippen molar-refractivity contribution in [2.24, 2.45) is 0 Å². The lowest BCUT2D eigenvalue weighted by Gasteiger charge is -2.31. The predicted molar refractivity (Wildman–Crippen MR) is 101 cm³/mol. The minimum atomic E-state index is -0.564.